The van der Waals surface area contributed by atoms with Crippen molar-refractivity contribution < 1.29 is 18.0 Å². The van der Waals surface area contributed by atoms with Crippen molar-refractivity contribution in [3.8, 4) is 0 Å². The maximum atomic E-state index is 12.7. The normalized spacial score (nSPS) is 11.7. The number of carbonyl (C=O) groups excluding carboxylic acids is 1. The number of aromatic nitrogens is 1. The Balaban J connectivity index is 2.98. The van der Waals surface area contributed by atoms with E-state index in [4.69, 9.17) is 5.73 Å². The molecule has 1 amide bonds. The van der Waals surface area contributed by atoms with Crippen LogP contribution in [0.1, 0.15) is 16.1 Å². The van der Waals surface area contributed by atoms with E-state index in [-0.39, 0.29) is 10.9 Å². The quantitative estimate of drug-likeness (QED) is 0.813. The molecule has 0 fully saturated rings. The van der Waals surface area contributed by atoms with Gasteiger partial charge in [0, 0.05) is 10.9 Å². The summed E-state index contributed by atoms with van der Waals surface area (Å²) in [7, 11) is 0. The summed E-state index contributed by atoms with van der Waals surface area (Å²) in [6.07, 6.45) is -4.85. The third-order valence-corrected chi connectivity index (χ3v) is 2.44. The summed E-state index contributed by atoms with van der Waals surface area (Å²) in [4.78, 5) is 24.9. The third-order valence-electron chi connectivity index (χ3n) is 2.44. The van der Waals surface area contributed by atoms with E-state index >= 15 is 0 Å². The van der Waals surface area contributed by atoms with Crippen LogP contribution in [0.2, 0.25) is 0 Å². The Bertz CT molecular complexity index is 689. The largest absolute Gasteiger partial charge is 0.432 e. The molecule has 0 radical (unpaired) electrons. The predicted octanol–water partition coefficient (Wildman–Crippen LogP) is 1.65. The molecule has 18 heavy (non-hydrogen) atoms. The molecule has 0 unspecified atom stereocenters. The molecule has 2 aromatic rings. The molecule has 0 aliphatic heterocycles. The van der Waals surface area contributed by atoms with Gasteiger partial charge in [-0.2, -0.15) is 13.2 Å². The first kappa shape index (κ1) is 12.2. The third kappa shape index (κ3) is 1.83. The number of carbonyl (C=O) groups is 1. The fraction of sp³-hybridized carbons (Fsp3) is 0.0909. The molecule has 0 saturated carbocycles. The van der Waals surface area contributed by atoms with E-state index in [2.05, 4.69) is 0 Å². The fourth-order valence-electron chi connectivity index (χ4n) is 1.68. The highest BCUT2D eigenvalue weighted by molar-refractivity contribution is 5.97. The van der Waals surface area contributed by atoms with Gasteiger partial charge in [-0.1, -0.05) is 12.1 Å². The monoisotopic (exact) mass is 256 g/mol. The summed E-state index contributed by atoms with van der Waals surface area (Å²) < 4.78 is 38.2. The van der Waals surface area contributed by atoms with Gasteiger partial charge in [0.1, 0.15) is 11.3 Å². The maximum Gasteiger partial charge on any atom is 0.432 e. The van der Waals surface area contributed by atoms with E-state index < -0.39 is 28.8 Å². The second-order valence-corrected chi connectivity index (χ2v) is 3.61. The Labute approximate surface area is 98.2 Å². The Morgan fingerprint density at radius 3 is 2.39 bits per heavy atom. The Kier molecular flexibility index (Phi) is 2.61. The minimum atomic E-state index is -4.85. The van der Waals surface area contributed by atoms with Crippen LogP contribution in [0, 0.1) is 0 Å². The molecule has 0 spiro atoms. The highest BCUT2D eigenvalue weighted by Crippen LogP contribution is 2.30. The smallest absolute Gasteiger partial charge is 0.365 e. The van der Waals surface area contributed by atoms with Crippen LogP contribution in [0.4, 0.5) is 13.2 Å². The van der Waals surface area contributed by atoms with Crippen LogP contribution < -0.4 is 11.2 Å². The van der Waals surface area contributed by atoms with Gasteiger partial charge in [0.2, 0.25) is 5.43 Å². The van der Waals surface area contributed by atoms with Crippen LogP contribution in [-0.4, -0.2) is 10.9 Å². The second kappa shape index (κ2) is 3.86. The van der Waals surface area contributed by atoms with E-state index in [1.807, 2.05) is 4.98 Å². The topological polar surface area (TPSA) is 76.0 Å². The van der Waals surface area contributed by atoms with Gasteiger partial charge < -0.3 is 10.7 Å². The number of halogens is 3. The molecule has 0 saturated heterocycles. The number of hydrogen-bond acceptors (Lipinski definition) is 2. The van der Waals surface area contributed by atoms with Gasteiger partial charge in [-0.3, -0.25) is 9.59 Å². The highest BCUT2D eigenvalue weighted by atomic mass is 19.4. The van der Waals surface area contributed by atoms with Crippen molar-refractivity contribution in [2.24, 2.45) is 5.73 Å². The summed E-state index contributed by atoms with van der Waals surface area (Å²) in [5.74, 6) is -1.41. The number of rotatable bonds is 1. The van der Waals surface area contributed by atoms with Crippen molar-refractivity contribution >= 4 is 16.8 Å². The molecule has 1 aromatic carbocycles. The minimum absolute atomic E-state index is 0.000162. The molecular weight excluding hydrogens is 249 g/mol. The van der Waals surface area contributed by atoms with Gasteiger partial charge in [-0.15, -0.1) is 0 Å². The van der Waals surface area contributed by atoms with Gasteiger partial charge in [-0.05, 0) is 12.1 Å². The molecule has 0 bridgehead atoms. The number of nitrogens with two attached hydrogens (primary N) is 1. The van der Waals surface area contributed by atoms with Crippen LogP contribution >= 0.6 is 0 Å². The first-order valence-corrected chi connectivity index (χ1v) is 4.84. The number of para-hydroxylation sites is 1. The fourth-order valence-corrected chi connectivity index (χ4v) is 1.68. The maximum absolute atomic E-state index is 12.7. The standard InChI is InChI=1S/C11H7F3N2O2/c12-11(13,14)9-7(10(15)18)8(17)5-3-1-2-4-6(5)16-9/h1-4H,(H2,15,18)(H,16,17). The Morgan fingerprint density at radius 1 is 1.22 bits per heavy atom. The number of alkyl halides is 3. The van der Waals surface area contributed by atoms with Crippen LogP contribution in [-0.2, 0) is 6.18 Å². The van der Waals surface area contributed by atoms with Crippen LogP contribution in [0.5, 0.6) is 0 Å². The summed E-state index contributed by atoms with van der Waals surface area (Å²) in [6.45, 7) is 0. The van der Waals surface area contributed by atoms with Gasteiger partial charge in [0.15, 0.2) is 0 Å². The van der Waals surface area contributed by atoms with E-state index in [1.54, 1.807) is 0 Å². The zero-order valence-corrected chi connectivity index (χ0v) is 8.84. The number of pyridine rings is 1. The zero-order valence-electron chi connectivity index (χ0n) is 8.84. The molecule has 3 N–H and O–H groups in total. The zero-order chi connectivity index (χ0) is 13.5. The van der Waals surface area contributed by atoms with Crippen molar-refractivity contribution in [1.82, 2.24) is 4.98 Å². The number of benzene rings is 1. The van der Waals surface area contributed by atoms with Gasteiger partial charge >= 0.3 is 6.18 Å². The summed E-state index contributed by atoms with van der Waals surface area (Å²) in [6, 6.07) is 5.59. The van der Waals surface area contributed by atoms with E-state index in [0.717, 1.165) is 0 Å². The summed E-state index contributed by atoms with van der Waals surface area (Å²) >= 11 is 0. The number of aromatic amines is 1. The Hall–Kier alpha value is -2.31. The van der Waals surface area contributed by atoms with Crippen molar-refractivity contribution in [3.05, 3.63) is 45.7 Å². The minimum Gasteiger partial charge on any atom is -0.365 e. The Morgan fingerprint density at radius 2 is 1.83 bits per heavy atom. The van der Waals surface area contributed by atoms with E-state index in [0.29, 0.717) is 0 Å². The molecule has 0 aliphatic rings. The predicted molar refractivity (Wildman–Crippen MR) is 58.1 cm³/mol. The number of fused-ring (bicyclic) bond motifs is 1. The van der Waals surface area contributed by atoms with Gasteiger partial charge in [0.25, 0.3) is 5.91 Å². The lowest BCUT2D eigenvalue weighted by Gasteiger charge is -2.11. The number of hydrogen-bond donors (Lipinski definition) is 2. The molecule has 1 heterocycles. The molecule has 94 valence electrons. The number of primary amides is 1. The molecular formula is C11H7F3N2O2. The molecule has 4 nitrogen and oxygen atoms in total. The molecule has 0 aliphatic carbocycles. The molecule has 0 atom stereocenters. The van der Waals surface area contributed by atoms with Crippen molar-refractivity contribution in [1.29, 1.82) is 0 Å². The number of H-pyrrole nitrogens is 1. The lowest BCUT2D eigenvalue weighted by atomic mass is 10.1. The summed E-state index contributed by atoms with van der Waals surface area (Å²) in [5, 5.41) is -0.0145. The van der Waals surface area contributed by atoms with Crippen molar-refractivity contribution in [2.75, 3.05) is 0 Å². The number of amides is 1. The second-order valence-electron chi connectivity index (χ2n) is 3.61. The van der Waals surface area contributed by atoms with Crippen LogP contribution in [0.15, 0.2) is 29.1 Å². The molecule has 1 aromatic heterocycles. The first-order chi connectivity index (χ1) is 8.32. The molecule has 2 rings (SSSR count). The SMILES string of the molecule is NC(=O)c1c(C(F)(F)F)[nH]c2ccccc2c1=O. The average Bonchev–Trinajstić information content (AvgIpc) is 2.27. The van der Waals surface area contributed by atoms with Crippen LogP contribution in [0.25, 0.3) is 10.9 Å². The van der Waals surface area contributed by atoms with Gasteiger partial charge in [0.05, 0.1) is 0 Å². The first-order valence-electron chi connectivity index (χ1n) is 4.84. The van der Waals surface area contributed by atoms with Gasteiger partial charge in [-0.25, -0.2) is 0 Å². The summed E-state index contributed by atoms with van der Waals surface area (Å²) in [5.41, 5.74) is 1.33. The lowest BCUT2D eigenvalue weighted by Crippen LogP contribution is -2.28. The van der Waals surface area contributed by atoms with Crippen LogP contribution in [0.3, 0.4) is 0 Å². The average molecular weight is 256 g/mol. The number of nitrogens with one attached hydrogen (secondary N) is 1. The van der Waals surface area contributed by atoms with E-state index in [9.17, 15) is 22.8 Å². The highest BCUT2D eigenvalue weighted by Gasteiger charge is 2.37. The van der Waals surface area contributed by atoms with Crippen molar-refractivity contribution in [2.45, 2.75) is 6.18 Å². The lowest BCUT2D eigenvalue weighted by molar-refractivity contribution is -0.141. The molecule has 7 heteroatoms. The van der Waals surface area contributed by atoms with E-state index in [1.165, 1.54) is 24.3 Å². The van der Waals surface area contributed by atoms with Crippen molar-refractivity contribution in [3.63, 3.8) is 0 Å².